The molecule has 4 aliphatic rings. The topological polar surface area (TPSA) is 77.7 Å². The van der Waals surface area contributed by atoms with Crippen LogP contribution in [0.4, 0.5) is 8.78 Å². The van der Waals surface area contributed by atoms with Gasteiger partial charge in [-0.1, -0.05) is 6.07 Å². The number of hydrogen-bond acceptors (Lipinski definition) is 5. The van der Waals surface area contributed by atoms with Gasteiger partial charge < -0.3 is 20.1 Å². The molecule has 1 aromatic rings. The van der Waals surface area contributed by atoms with Crippen LogP contribution in [-0.4, -0.2) is 28.6 Å². The summed E-state index contributed by atoms with van der Waals surface area (Å²) in [7, 11) is 0. The zero-order chi connectivity index (χ0) is 19.5. The van der Waals surface area contributed by atoms with E-state index in [2.05, 4.69) is 9.72 Å². The Hall–Kier alpha value is -3.16. The van der Waals surface area contributed by atoms with E-state index in [9.17, 15) is 13.6 Å². The standard InChI is InChI=1S/C20H17F2N3O3/c21-20(22)27-14-7-6-12-13-5-3-9-25(10-11-4-1-2-8-24-11)17(13)16(19(23)26)15(12)18(14)28-20/h1-2,4,7-8H,3,5-6,9-10H2,(H2,23,26). The number of carbonyl (C=O) groups is 1. The molecule has 0 saturated carbocycles. The molecule has 0 atom stereocenters. The number of carbonyl (C=O) groups excluding carboxylic acids is 1. The van der Waals surface area contributed by atoms with E-state index in [0.717, 1.165) is 36.2 Å². The molecule has 0 radical (unpaired) electrons. The molecule has 2 aliphatic carbocycles. The Bertz CT molecular complexity index is 1010. The van der Waals surface area contributed by atoms with Gasteiger partial charge in [-0.3, -0.25) is 9.78 Å². The molecule has 2 saturated heterocycles. The van der Waals surface area contributed by atoms with Gasteiger partial charge in [0.25, 0.3) is 5.91 Å². The number of amides is 1. The number of nitrogens with two attached hydrogens (primary N) is 1. The van der Waals surface area contributed by atoms with Gasteiger partial charge in [-0.05, 0) is 48.6 Å². The van der Waals surface area contributed by atoms with Gasteiger partial charge in [-0.15, -0.1) is 8.78 Å². The first kappa shape index (κ1) is 17.0. The summed E-state index contributed by atoms with van der Waals surface area (Å²) in [5, 5.41) is 0. The Labute approximate surface area is 159 Å². The lowest BCUT2D eigenvalue weighted by molar-refractivity contribution is -0.326. The number of halogens is 2. The van der Waals surface area contributed by atoms with Crippen LogP contribution in [0, 0.1) is 0 Å². The molecule has 0 aromatic carbocycles. The molecule has 8 heteroatoms. The monoisotopic (exact) mass is 385 g/mol. The smallest absolute Gasteiger partial charge is 0.396 e. The number of aromatic nitrogens is 1. The van der Waals surface area contributed by atoms with Crippen LogP contribution in [-0.2, 0) is 20.8 Å². The number of ether oxygens (including phenoxy) is 2. The second-order valence-electron chi connectivity index (χ2n) is 7.04. The van der Waals surface area contributed by atoms with Crippen molar-refractivity contribution in [3.8, 4) is 0 Å². The fourth-order valence-electron chi connectivity index (χ4n) is 4.32. The van der Waals surface area contributed by atoms with Gasteiger partial charge in [0.05, 0.1) is 23.5 Å². The summed E-state index contributed by atoms with van der Waals surface area (Å²) in [4.78, 5) is 18.8. The van der Waals surface area contributed by atoms with Crippen molar-refractivity contribution < 1.29 is 23.0 Å². The minimum atomic E-state index is -3.75. The molecule has 5 rings (SSSR count). The van der Waals surface area contributed by atoms with Crippen molar-refractivity contribution in [3.05, 3.63) is 75.7 Å². The summed E-state index contributed by atoms with van der Waals surface area (Å²) in [6, 6.07) is 5.64. The normalized spacial score (nSPS) is 22.4. The van der Waals surface area contributed by atoms with Crippen LogP contribution in [0.5, 0.6) is 0 Å². The second kappa shape index (κ2) is 5.92. The number of fused-ring (bicyclic) bond motifs is 3. The highest BCUT2D eigenvalue weighted by atomic mass is 19.3. The number of primary amides is 1. The number of piperidine rings is 1. The van der Waals surface area contributed by atoms with E-state index >= 15 is 0 Å². The van der Waals surface area contributed by atoms with Gasteiger partial charge in [0, 0.05) is 18.3 Å². The quantitative estimate of drug-likeness (QED) is 0.866. The molecular formula is C20H17F2N3O3. The van der Waals surface area contributed by atoms with Gasteiger partial charge in [0.2, 0.25) is 0 Å². The van der Waals surface area contributed by atoms with Gasteiger partial charge in [-0.2, -0.15) is 0 Å². The van der Waals surface area contributed by atoms with Crippen molar-refractivity contribution in [2.75, 3.05) is 6.54 Å². The molecule has 1 amide bonds. The van der Waals surface area contributed by atoms with E-state index in [-0.39, 0.29) is 17.1 Å². The Morgan fingerprint density at radius 3 is 2.89 bits per heavy atom. The molecule has 1 aromatic heterocycles. The van der Waals surface area contributed by atoms with Crippen LogP contribution >= 0.6 is 0 Å². The Kier molecular flexibility index (Phi) is 3.59. The third-order valence-electron chi connectivity index (χ3n) is 5.33. The van der Waals surface area contributed by atoms with Crippen molar-refractivity contribution >= 4 is 5.91 Å². The molecule has 144 valence electrons. The highest BCUT2D eigenvalue weighted by Crippen LogP contribution is 2.52. The van der Waals surface area contributed by atoms with Crippen LogP contribution in [0.15, 0.2) is 70.0 Å². The first-order valence-electron chi connectivity index (χ1n) is 9.07. The first-order chi connectivity index (χ1) is 13.4. The SMILES string of the molecule is NC(=O)C1=C2C(=C3CC=C4OC(F)(F)OC4=C31)CCCN2Cc1ccccn1. The third-order valence-corrected chi connectivity index (χ3v) is 5.33. The van der Waals surface area contributed by atoms with Gasteiger partial charge in [0.1, 0.15) is 0 Å². The average molecular weight is 385 g/mol. The molecule has 28 heavy (non-hydrogen) atoms. The van der Waals surface area contributed by atoms with Crippen LogP contribution in [0.1, 0.15) is 25.0 Å². The van der Waals surface area contributed by atoms with Gasteiger partial charge >= 0.3 is 6.29 Å². The summed E-state index contributed by atoms with van der Waals surface area (Å²) in [6.45, 7) is 1.22. The minimum Gasteiger partial charge on any atom is -0.396 e. The maximum absolute atomic E-state index is 13.7. The maximum atomic E-state index is 13.7. The Balaban J connectivity index is 1.66. The Morgan fingerprint density at radius 1 is 1.29 bits per heavy atom. The average Bonchev–Trinajstić information content (AvgIpc) is 3.16. The molecule has 2 fully saturated rings. The lowest BCUT2D eigenvalue weighted by Gasteiger charge is -2.33. The summed E-state index contributed by atoms with van der Waals surface area (Å²) in [6.07, 6.45) is 1.55. The van der Waals surface area contributed by atoms with E-state index < -0.39 is 12.2 Å². The lowest BCUT2D eigenvalue weighted by atomic mass is 9.91. The van der Waals surface area contributed by atoms with E-state index in [1.54, 1.807) is 12.3 Å². The summed E-state index contributed by atoms with van der Waals surface area (Å²) in [5.41, 5.74) is 9.62. The number of nitrogens with zero attached hydrogens (tertiary/aromatic N) is 2. The predicted molar refractivity (Wildman–Crippen MR) is 94.0 cm³/mol. The number of allylic oxidation sites excluding steroid dienone is 3. The van der Waals surface area contributed by atoms with Crippen molar-refractivity contribution in [2.45, 2.75) is 32.1 Å². The molecule has 2 aliphatic heterocycles. The second-order valence-corrected chi connectivity index (χ2v) is 7.04. The van der Waals surface area contributed by atoms with Gasteiger partial charge in [0.15, 0.2) is 11.5 Å². The number of rotatable bonds is 3. The molecule has 0 bridgehead atoms. The first-order valence-corrected chi connectivity index (χ1v) is 9.07. The fourth-order valence-corrected chi connectivity index (χ4v) is 4.32. The van der Waals surface area contributed by atoms with Crippen LogP contribution in [0.25, 0.3) is 0 Å². The number of hydrogen-bond donors (Lipinski definition) is 1. The molecule has 3 heterocycles. The molecule has 6 nitrogen and oxygen atoms in total. The van der Waals surface area contributed by atoms with E-state index in [0.29, 0.717) is 24.2 Å². The Morgan fingerprint density at radius 2 is 2.14 bits per heavy atom. The lowest BCUT2D eigenvalue weighted by Crippen LogP contribution is -2.31. The van der Waals surface area contributed by atoms with Crippen molar-refractivity contribution in [1.82, 2.24) is 9.88 Å². The van der Waals surface area contributed by atoms with Crippen LogP contribution in [0.2, 0.25) is 0 Å². The summed E-state index contributed by atoms with van der Waals surface area (Å²) < 4.78 is 36.7. The highest BCUT2D eigenvalue weighted by Gasteiger charge is 2.51. The largest absolute Gasteiger partial charge is 0.586 e. The van der Waals surface area contributed by atoms with Crippen molar-refractivity contribution in [3.63, 3.8) is 0 Å². The fraction of sp³-hybridized carbons (Fsp3) is 0.300. The number of pyridine rings is 1. The number of likely N-dealkylation sites (tertiary alicyclic amines) is 1. The van der Waals surface area contributed by atoms with E-state index in [1.165, 1.54) is 0 Å². The molecule has 0 unspecified atom stereocenters. The van der Waals surface area contributed by atoms with Crippen LogP contribution in [0.3, 0.4) is 0 Å². The summed E-state index contributed by atoms with van der Waals surface area (Å²) >= 11 is 0. The van der Waals surface area contributed by atoms with Crippen molar-refractivity contribution in [2.24, 2.45) is 5.73 Å². The summed E-state index contributed by atoms with van der Waals surface area (Å²) in [5.74, 6) is -0.816. The van der Waals surface area contributed by atoms with Crippen LogP contribution < -0.4 is 5.73 Å². The molecule has 0 spiro atoms. The third kappa shape index (κ3) is 2.51. The minimum absolute atomic E-state index is 0.0429. The van der Waals surface area contributed by atoms with E-state index in [1.807, 2.05) is 23.1 Å². The number of alkyl halides is 2. The predicted octanol–water partition coefficient (Wildman–Crippen LogP) is 2.87. The zero-order valence-electron chi connectivity index (χ0n) is 14.9. The maximum Gasteiger partial charge on any atom is 0.586 e. The molecule has 2 N–H and O–H groups in total. The van der Waals surface area contributed by atoms with Crippen molar-refractivity contribution in [1.29, 1.82) is 0 Å². The highest BCUT2D eigenvalue weighted by molar-refractivity contribution is 6.02. The van der Waals surface area contributed by atoms with Gasteiger partial charge in [-0.25, -0.2) is 0 Å². The van der Waals surface area contributed by atoms with E-state index in [4.69, 9.17) is 10.5 Å². The molecular weight excluding hydrogens is 368 g/mol. The zero-order valence-corrected chi connectivity index (χ0v) is 14.9.